The Balaban J connectivity index is 2.34. The molecule has 0 atom stereocenters. The molecule has 1 rings (SSSR count). The molecule has 1 heterocycles. The SMILES string of the molecule is CC(C)(C)NC(=O)N1CCCN(CCCCN)CC1. The smallest absolute Gasteiger partial charge is 0.317 e. The van der Waals surface area contributed by atoms with Gasteiger partial charge >= 0.3 is 6.03 Å². The van der Waals surface area contributed by atoms with Crippen molar-refractivity contribution in [3.63, 3.8) is 0 Å². The molecule has 1 saturated heterocycles. The quantitative estimate of drug-likeness (QED) is 0.756. The Hall–Kier alpha value is -0.810. The summed E-state index contributed by atoms with van der Waals surface area (Å²) in [6.45, 7) is 11.7. The Morgan fingerprint density at radius 2 is 1.89 bits per heavy atom. The third-order valence-corrected chi connectivity index (χ3v) is 3.29. The van der Waals surface area contributed by atoms with Gasteiger partial charge in [-0.1, -0.05) is 0 Å². The van der Waals surface area contributed by atoms with Gasteiger partial charge in [-0.15, -0.1) is 0 Å². The van der Waals surface area contributed by atoms with Crippen LogP contribution in [0.2, 0.25) is 0 Å². The van der Waals surface area contributed by atoms with E-state index in [1.807, 2.05) is 25.7 Å². The standard InChI is InChI=1S/C14H30N4O/c1-14(2,3)16-13(19)18-10-6-9-17(11-12-18)8-5-4-7-15/h4-12,15H2,1-3H3,(H,16,19). The molecule has 0 unspecified atom stereocenters. The van der Waals surface area contributed by atoms with Gasteiger partial charge in [0.25, 0.3) is 0 Å². The third-order valence-electron chi connectivity index (χ3n) is 3.29. The first-order valence-corrected chi connectivity index (χ1v) is 7.42. The van der Waals surface area contributed by atoms with Gasteiger partial charge in [0.2, 0.25) is 0 Å². The highest BCUT2D eigenvalue weighted by Gasteiger charge is 2.22. The van der Waals surface area contributed by atoms with Crippen molar-refractivity contribution in [2.24, 2.45) is 5.73 Å². The van der Waals surface area contributed by atoms with Gasteiger partial charge < -0.3 is 20.9 Å². The lowest BCUT2D eigenvalue weighted by Gasteiger charge is -2.27. The van der Waals surface area contributed by atoms with Crippen molar-refractivity contribution in [2.75, 3.05) is 39.3 Å². The molecule has 0 bridgehead atoms. The maximum atomic E-state index is 12.1. The second kappa shape index (κ2) is 7.70. The van der Waals surface area contributed by atoms with Gasteiger partial charge in [-0.05, 0) is 59.7 Å². The van der Waals surface area contributed by atoms with Gasteiger partial charge in [-0.25, -0.2) is 4.79 Å². The van der Waals surface area contributed by atoms with Crippen molar-refractivity contribution in [2.45, 2.75) is 45.6 Å². The number of amides is 2. The van der Waals surface area contributed by atoms with Gasteiger partial charge in [0.05, 0.1) is 0 Å². The number of carbonyl (C=O) groups is 1. The first-order valence-electron chi connectivity index (χ1n) is 7.42. The van der Waals surface area contributed by atoms with E-state index in [1.54, 1.807) is 0 Å². The molecule has 3 N–H and O–H groups in total. The van der Waals surface area contributed by atoms with Gasteiger partial charge in [-0.2, -0.15) is 0 Å². The molecule has 2 amide bonds. The molecule has 5 heteroatoms. The van der Waals surface area contributed by atoms with Gasteiger partial charge in [0.1, 0.15) is 0 Å². The third kappa shape index (κ3) is 6.78. The molecule has 0 radical (unpaired) electrons. The number of hydrogen-bond donors (Lipinski definition) is 2. The lowest BCUT2D eigenvalue weighted by molar-refractivity contribution is 0.189. The van der Waals surface area contributed by atoms with E-state index in [2.05, 4.69) is 10.2 Å². The molecule has 112 valence electrons. The van der Waals surface area contributed by atoms with Crippen LogP contribution in [0.15, 0.2) is 0 Å². The summed E-state index contributed by atoms with van der Waals surface area (Å²) in [5.41, 5.74) is 5.35. The van der Waals surface area contributed by atoms with Gasteiger partial charge in [0.15, 0.2) is 0 Å². The van der Waals surface area contributed by atoms with Crippen LogP contribution in [0.3, 0.4) is 0 Å². The van der Waals surface area contributed by atoms with Crippen molar-refractivity contribution in [1.29, 1.82) is 0 Å². The van der Waals surface area contributed by atoms with E-state index in [-0.39, 0.29) is 11.6 Å². The average molecular weight is 270 g/mol. The van der Waals surface area contributed by atoms with E-state index in [0.717, 1.165) is 58.5 Å². The fourth-order valence-corrected chi connectivity index (χ4v) is 2.28. The van der Waals surface area contributed by atoms with Crippen molar-refractivity contribution in [3.8, 4) is 0 Å². The van der Waals surface area contributed by atoms with Gasteiger partial charge in [0, 0.05) is 25.2 Å². The average Bonchev–Trinajstić information content (AvgIpc) is 2.53. The van der Waals surface area contributed by atoms with Crippen LogP contribution in [0.4, 0.5) is 4.79 Å². The van der Waals surface area contributed by atoms with Crippen molar-refractivity contribution < 1.29 is 4.79 Å². The van der Waals surface area contributed by atoms with Crippen LogP contribution in [-0.2, 0) is 0 Å². The largest absolute Gasteiger partial charge is 0.333 e. The van der Waals surface area contributed by atoms with E-state index >= 15 is 0 Å². The molecular formula is C14H30N4O. The molecule has 0 aromatic carbocycles. The van der Waals surface area contributed by atoms with E-state index in [1.165, 1.54) is 0 Å². The first-order chi connectivity index (χ1) is 8.92. The summed E-state index contributed by atoms with van der Waals surface area (Å²) < 4.78 is 0. The van der Waals surface area contributed by atoms with Gasteiger partial charge in [-0.3, -0.25) is 0 Å². The monoisotopic (exact) mass is 270 g/mol. The normalized spacial score (nSPS) is 18.2. The van der Waals surface area contributed by atoms with Crippen LogP contribution in [0.25, 0.3) is 0 Å². The first kappa shape index (κ1) is 16.2. The minimum Gasteiger partial charge on any atom is -0.333 e. The summed E-state index contributed by atoms with van der Waals surface area (Å²) in [4.78, 5) is 16.5. The van der Waals surface area contributed by atoms with E-state index in [0.29, 0.717) is 0 Å². The molecule has 1 aliphatic rings. The van der Waals surface area contributed by atoms with E-state index in [4.69, 9.17) is 5.73 Å². The van der Waals surface area contributed by atoms with Crippen LogP contribution in [0, 0.1) is 0 Å². The van der Waals surface area contributed by atoms with Crippen LogP contribution in [0.1, 0.15) is 40.0 Å². The number of nitrogens with one attached hydrogen (secondary N) is 1. The fourth-order valence-electron chi connectivity index (χ4n) is 2.28. The van der Waals surface area contributed by atoms with Crippen molar-refractivity contribution in [1.82, 2.24) is 15.1 Å². The van der Waals surface area contributed by atoms with Crippen LogP contribution < -0.4 is 11.1 Å². The molecule has 1 fully saturated rings. The molecular weight excluding hydrogens is 240 g/mol. The number of nitrogens with zero attached hydrogens (tertiary/aromatic N) is 2. The molecule has 0 aliphatic carbocycles. The summed E-state index contributed by atoms with van der Waals surface area (Å²) in [5, 5.41) is 3.04. The van der Waals surface area contributed by atoms with Crippen LogP contribution in [0.5, 0.6) is 0 Å². The number of urea groups is 1. The Morgan fingerprint density at radius 1 is 1.16 bits per heavy atom. The molecule has 5 nitrogen and oxygen atoms in total. The number of nitrogens with two attached hydrogens (primary N) is 1. The Bertz CT molecular complexity index is 275. The van der Waals surface area contributed by atoms with Crippen LogP contribution >= 0.6 is 0 Å². The maximum Gasteiger partial charge on any atom is 0.317 e. The second-order valence-electron chi connectivity index (χ2n) is 6.36. The Kier molecular flexibility index (Phi) is 6.58. The van der Waals surface area contributed by atoms with Crippen molar-refractivity contribution >= 4 is 6.03 Å². The minimum atomic E-state index is -0.162. The number of hydrogen-bond acceptors (Lipinski definition) is 3. The predicted molar refractivity (Wildman–Crippen MR) is 79.2 cm³/mol. The highest BCUT2D eigenvalue weighted by atomic mass is 16.2. The fraction of sp³-hybridized carbons (Fsp3) is 0.929. The molecule has 0 aromatic heterocycles. The molecule has 1 aliphatic heterocycles. The lowest BCUT2D eigenvalue weighted by atomic mass is 10.1. The second-order valence-corrected chi connectivity index (χ2v) is 6.36. The minimum absolute atomic E-state index is 0.0660. The molecule has 0 spiro atoms. The topological polar surface area (TPSA) is 61.6 Å². The van der Waals surface area contributed by atoms with Crippen molar-refractivity contribution in [3.05, 3.63) is 0 Å². The van der Waals surface area contributed by atoms with Crippen LogP contribution in [-0.4, -0.2) is 60.6 Å². The Labute approximate surface area is 117 Å². The maximum absolute atomic E-state index is 12.1. The summed E-state index contributed by atoms with van der Waals surface area (Å²) in [6.07, 6.45) is 3.30. The highest BCUT2D eigenvalue weighted by Crippen LogP contribution is 2.07. The highest BCUT2D eigenvalue weighted by molar-refractivity contribution is 5.74. The zero-order valence-electron chi connectivity index (χ0n) is 12.7. The summed E-state index contributed by atoms with van der Waals surface area (Å²) in [5.74, 6) is 0. The Morgan fingerprint density at radius 3 is 2.53 bits per heavy atom. The number of carbonyl (C=O) groups excluding carboxylic acids is 1. The molecule has 0 saturated carbocycles. The number of unbranched alkanes of at least 4 members (excludes halogenated alkanes) is 1. The summed E-state index contributed by atoms with van der Waals surface area (Å²) in [7, 11) is 0. The molecule has 19 heavy (non-hydrogen) atoms. The van der Waals surface area contributed by atoms with E-state index < -0.39 is 0 Å². The summed E-state index contributed by atoms with van der Waals surface area (Å²) in [6, 6.07) is 0.0660. The predicted octanol–water partition coefficient (Wildman–Crippen LogP) is 1.24. The zero-order valence-corrected chi connectivity index (χ0v) is 12.7. The van der Waals surface area contributed by atoms with E-state index in [9.17, 15) is 4.79 Å². The number of rotatable bonds is 4. The zero-order chi connectivity index (χ0) is 14.3. The summed E-state index contributed by atoms with van der Waals surface area (Å²) >= 11 is 0. The molecule has 0 aromatic rings. The lowest BCUT2D eigenvalue weighted by Crippen LogP contribution is -2.49.